The van der Waals surface area contributed by atoms with Gasteiger partial charge in [-0.05, 0) is 56.9 Å². The number of fused-ring (bicyclic) bond motifs is 1. The maximum absolute atomic E-state index is 12.0. The van der Waals surface area contributed by atoms with E-state index in [9.17, 15) is 4.79 Å². The lowest BCUT2D eigenvalue weighted by atomic mass is 10.1. The van der Waals surface area contributed by atoms with Crippen molar-refractivity contribution in [2.24, 2.45) is 5.92 Å². The lowest BCUT2D eigenvalue weighted by Crippen LogP contribution is -2.34. The van der Waals surface area contributed by atoms with Crippen molar-refractivity contribution in [2.75, 3.05) is 24.3 Å². The number of nitrogens with one attached hydrogen (secondary N) is 2. The Balaban J connectivity index is 1.46. The molecule has 34 heavy (non-hydrogen) atoms. The summed E-state index contributed by atoms with van der Waals surface area (Å²) < 4.78 is 14.1. The smallest absolute Gasteiger partial charge is 0.319 e. The number of nitrogens with zero attached hydrogens (tertiary/aromatic N) is 1. The molecule has 5 rings (SSSR count). The molecule has 3 aromatic rings. The van der Waals surface area contributed by atoms with E-state index in [-0.39, 0.29) is 18.2 Å². The summed E-state index contributed by atoms with van der Waals surface area (Å²) in [6.07, 6.45) is 4.55. The Hall–Kier alpha value is -3.19. The van der Waals surface area contributed by atoms with Crippen LogP contribution in [0.15, 0.2) is 42.5 Å². The molecular weight excluding hydrogens is 428 g/mol. The maximum Gasteiger partial charge on any atom is 0.319 e. The molecule has 1 saturated heterocycles. The number of amides is 2. The fourth-order valence-electron chi connectivity index (χ4n) is 4.62. The summed E-state index contributed by atoms with van der Waals surface area (Å²) >= 11 is 0. The average Bonchev–Trinajstić information content (AvgIpc) is 3.59. The van der Waals surface area contributed by atoms with E-state index in [1.807, 2.05) is 44.2 Å². The van der Waals surface area contributed by atoms with Crippen molar-refractivity contribution in [3.05, 3.63) is 42.5 Å². The number of nitrogen functional groups attached to an aromatic ring is 1. The van der Waals surface area contributed by atoms with Gasteiger partial charge in [0.15, 0.2) is 0 Å². The minimum Gasteiger partial charge on any atom is -0.490 e. The normalized spacial score (nSPS) is 16.7. The Labute approximate surface area is 200 Å². The molecular formula is C27H34N4O3. The molecule has 2 aromatic carbocycles. The zero-order chi connectivity index (χ0) is 23.7. The van der Waals surface area contributed by atoms with Gasteiger partial charge < -0.3 is 30.4 Å². The number of carbonyl (C=O) groups is 1. The average molecular weight is 463 g/mol. The Morgan fingerprint density at radius 3 is 2.53 bits per heavy atom. The summed E-state index contributed by atoms with van der Waals surface area (Å²) in [7, 11) is 0. The highest BCUT2D eigenvalue weighted by atomic mass is 16.5. The molecule has 1 aliphatic heterocycles. The van der Waals surface area contributed by atoms with E-state index in [0.717, 1.165) is 71.9 Å². The van der Waals surface area contributed by atoms with Crippen LogP contribution in [-0.4, -0.2) is 36.0 Å². The third-order valence-corrected chi connectivity index (χ3v) is 6.52. The second-order valence-electron chi connectivity index (χ2n) is 9.76. The van der Waals surface area contributed by atoms with Crippen LogP contribution in [-0.2, 0) is 11.3 Å². The summed E-state index contributed by atoms with van der Waals surface area (Å²) in [5.74, 6) is 1.57. The number of benzene rings is 2. The summed E-state index contributed by atoms with van der Waals surface area (Å²) in [6.45, 7) is 6.33. The summed E-state index contributed by atoms with van der Waals surface area (Å²) in [6, 6.07) is 14.0. The number of nitrogens with two attached hydrogens (primary N) is 1. The predicted octanol–water partition coefficient (Wildman–Crippen LogP) is 5.39. The number of urea groups is 1. The van der Waals surface area contributed by atoms with Gasteiger partial charge in [-0.2, -0.15) is 0 Å². The number of aromatic nitrogens is 1. The number of anilines is 2. The number of hydrogen-bond acceptors (Lipinski definition) is 4. The minimum atomic E-state index is -0.206. The molecule has 2 fully saturated rings. The van der Waals surface area contributed by atoms with Gasteiger partial charge in [-0.25, -0.2) is 4.79 Å². The van der Waals surface area contributed by atoms with Crippen molar-refractivity contribution in [3.63, 3.8) is 0 Å². The Morgan fingerprint density at radius 2 is 1.85 bits per heavy atom. The molecule has 2 heterocycles. The second-order valence-corrected chi connectivity index (χ2v) is 9.76. The number of carbonyl (C=O) groups excluding carboxylic acids is 1. The summed E-state index contributed by atoms with van der Waals surface area (Å²) in [4.78, 5) is 12.0. The lowest BCUT2D eigenvalue weighted by molar-refractivity contribution is 0.0256. The van der Waals surface area contributed by atoms with E-state index < -0.39 is 0 Å². The van der Waals surface area contributed by atoms with Gasteiger partial charge in [-0.3, -0.25) is 0 Å². The standard InChI is InChI=1S/C27H34N4O3/c1-17(2)29-27(32)30-20-7-5-19(6-8-20)26-25(28)23-10-9-22(34-21-11-13-33-14-12-21)15-24(23)31(26)16-18-3-4-18/h5-10,15,17-18,21H,3-4,11-14,16,28H2,1-2H3,(H2,29,30,32). The fourth-order valence-corrected chi connectivity index (χ4v) is 4.62. The van der Waals surface area contributed by atoms with Crippen LogP contribution in [0.3, 0.4) is 0 Å². The number of hydrogen-bond donors (Lipinski definition) is 3. The van der Waals surface area contributed by atoms with Crippen LogP contribution in [0.4, 0.5) is 16.2 Å². The molecule has 1 aromatic heterocycles. The molecule has 4 N–H and O–H groups in total. The summed E-state index contributed by atoms with van der Waals surface area (Å²) in [5.41, 5.74) is 11.4. The molecule has 1 saturated carbocycles. The van der Waals surface area contributed by atoms with Crippen LogP contribution in [0.1, 0.15) is 39.5 Å². The number of ether oxygens (including phenoxy) is 2. The molecule has 0 bridgehead atoms. The topological polar surface area (TPSA) is 90.5 Å². The van der Waals surface area contributed by atoms with E-state index >= 15 is 0 Å². The van der Waals surface area contributed by atoms with Crippen molar-refractivity contribution in [2.45, 2.75) is 58.2 Å². The summed E-state index contributed by atoms with van der Waals surface area (Å²) in [5, 5.41) is 6.78. The van der Waals surface area contributed by atoms with Crippen molar-refractivity contribution in [3.8, 4) is 17.0 Å². The molecule has 180 valence electrons. The highest BCUT2D eigenvalue weighted by molar-refractivity contribution is 6.01. The zero-order valence-electron chi connectivity index (χ0n) is 20.0. The molecule has 0 atom stereocenters. The maximum atomic E-state index is 12.0. The second kappa shape index (κ2) is 9.58. The van der Waals surface area contributed by atoms with Crippen LogP contribution in [0.5, 0.6) is 5.75 Å². The number of rotatable bonds is 7. The van der Waals surface area contributed by atoms with E-state index in [0.29, 0.717) is 5.92 Å². The van der Waals surface area contributed by atoms with Crippen LogP contribution in [0.2, 0.25) is 0 Å². The van der Waals surface area contributed by atoms with E-state index in [1.54, 1.807) is 0 Å². The molecule has 2 aliphatic rings. The predicted molar refractivity (Wildman–Crippen MR) is 136 cm³/mol. The van der Waals surface area contributed by atoms with E-state index in [4.69, 9.17) is 15.2 Å². The fraction of sp³-hybridized carbons (Fsp3) is 0.444. The monoisotopic (exact) mass is 462 g/mol. The van der Waals surface area contributed by atoms with Crippen LogP contribution < -0.4 is 21.1 Å². The van der Waals surface area contributed by atoms with E-state index in [2.05, 4.69) is 27.3 Å². The minimum absolute atomic E-state index is 0.0810. The highest BCUT2D eigenvalue weighted by Gasteiger charge is 2.26. The van der Waals surface area contributed by atoms with Gasteiger partial charge >= 0.3 is 6.03 Å². The molecule has 1 aliphatic carbocycles. The van der Waals surface area contributed by atoms with Gasteiger partial charge in [0, 0.05) is 48.1 Å². The quantitative estimate of drug-likeness (QED) is 0.439. The molecule has 2 amide bonds. The van der Waals surface area contributed by atoms with Crippen LogP contribution in [0, 0.1) is 5.92 Å². The molecule has 7 heteroatoms. The van der Waals surface area contributed by atoms with Crippen molar-refractivity contribution >= 4 is 28.3 Å². The Morgan fingerprint density at radius 1 is 1.12 bits per heavy atom. The Kier molecular flexibility index (Phi) is 6.37. The van der Waals surface area contributed by atoms with Gasteiger partial charge in [-0.15, -0.1) is 0 Å². The molecule has 7 nitrogen and oxygen atoms in total. The van der Waals surface area contributed by atoms with Gasteiger partial charge in [0.25, 0.3) is 0 Å². The van der Waals surface area contributed by atoms with Gasteiger partial charge in [0.2, 0.25) is 0 Å². The first-order chi connectivity index (χ1) is 16.5. The molecule has 0 unspecified atom stereocenters. The van der Waals surface area contributed by atoms with Crippen molar-refractivity contribution in [1.29, 1.82) is 0 Å². The molecule has 0 radical (unpaired) electrons. The third-order valence-electron chi connectivity index (χ3n) is 6.52. The first-order valence-electron chi connectivity index (χ1n) is 12.3. The van der Waals surface area contributed by atoms with Crippen molar-refractivity contribution < 1.29 is 14.3 Å². The van der Waals surface area contributed by atoms with Crippen LogP contribution in [0.25, 0.3) is 22.2 Å². The Bertz CT molecular complexity index is 1160. The zero-order valence-corrected chi connectivity index (χ0v) is 20.0. The van der Waals surface area contributed by atoms with Gasteiger partial charge in [-0.1, -0.05) is 12.1 Å². The van der Waals surface area contributed by atoms with Crippen molar-refractivity contribution in [1.82, 2.24) is 9.88 Å². The van der Waals surface area contributed by atoms with Gasteiger partial charge in [0.1, 0.15) is 11.9 Å². The SMILES string of the molecule is CC(C)NC(=O)Nc1ccc(-c2c(N)c3ccc(OC4CCOCC4)cc3n2CC2CC2)cc1. The van der Waals surface area contributed by atoms with Crippen LogP contribution >= 0.6 is 0 Å². The molecule has 0 spiro atoms. The first-order valence-corrected chi connectivity index (χ1v) is 12.3. The largest absolute Gasteiger partial charge is 0.490 e. The lowest BCUT2D eigenvalue weighted by Gasteiger charge is -2.23. The highest BCUT2D eigenvalue weighted by Crippen LogP contribution is 2.41. The first kappa shape index (κ1) is 22.6. The third kappa shape index (κ3) is 4.99. The van der Waals surface area contributed by atoms with Gasteiger partial charge in [0.05, 0.1) is 30.1 Å². The van der Waals surface area contributed by atoms with E-state index in [1.165, 1.54) is 12.8 Å².